The zero-order valence-electron chi connectivity index (χ0n) is 9.92. The number of nitrogens with zero attached hydrogens (tertiary/aromatic N) is 1. The molecule has 0 bridgehead atoms. The number of methoxy groups -OCH3 is 1. The second kappa shape index (κ2) is 7.58. The van der Waals surface area contributed by atoms with Crippen LogP contribution >= 0.6 is 28.1 Å². The summed E-state index contributed by atoms with van der Waals surface area (Å²) >= 11 is 8.55. The molecule has 6 heteroatoms. The summed E-state index contributed by atoms with van der Waals surface area (Å²) in [5.74, 6) is 0.745. The smallest absolute Gasteiger partial charge is 0.171 e. The lowest BCUT2D eigenvalue weighted by atomic mass is 10.4. The predicted octanol–water partition coefficient (Wildman–Crippen LogP) is 2.48. The SMILES string of the molecule is COCCCNC(=S)Nc1ccc(Br)c(C)n1. The van der Waals surface area contributed by atoms with Crippen molar-refractivity contribution in [2.75, 3.05) is 25.6 Å². The van der Waals surface area contributed by atoms with E-state index in [-0.39, 0.29) is 0 Å². The van der Waals surface area contributed by atoms with Crippen molar-refractivity contribution in [3.63, 3.8) is 0 Å². The number of hydrogen-bond acceptors (Lipinski definition) is 3. The number of rotatable bonds is 5. The maximum Gasteiger partial charge on any atom is 0.171 e. The summed E-state index contributed by atoms with van der Waals surface area (Å²) in [5.41, 5.74) is 0.928. The topological polar surface area (TPSA) is 46.2 Å². The van der Waals surface area contributed by atoms with Crippen LogP contribution < -0.4 is 10.6 Å². The Morgan fingerprint density at radius 1 is 1.53 bits per heavy atom. The summed E-state index contributed by atoms with van der Waals surface area (Å²) in [6, 6.07) is 3.82. The molecule has 1 aromatic rings. The molecule has 0 aliphatic carbocycles. The van der Waals surface area contributed by atoms with Crippen LogP contribution in [0.5, 0.6) is 0 Å². The van der Waals surface area contributed by atoms with Gasteiger partial charge in [0.1, 0.15) is 5.82 Å². The van der Waals surface area contributed by atoms with Gasteiger partial charge in [-0.3, -0.25) is 0 Å². The van der Waals surface area contributed by atoms with Crippen LogP contribution in [0.2, 0.25) is 0 Å². The fourth-order valence-electron chi connectivity index (χ4n) is 1.19. The molecule has 0 radical (unpaired) electrons. The van der Waals surface area contributed by atoms with Gasteiger partial charge in [-0.15, -0.1) is 0 Å². The van der Waals surface area contributed by atoms with Crippen molar-refractivity contribution >= 4 is 39.1 Å². The highest BCUT2D eigenvalue weighted by molar-refractivity contribution is 9.10. The van der Waals surface area contributed by atoms with Gasteiger partial charge in [-0.2, -0.15) is 0 Å². The van der Waals surface area contributed by atoms with Gasteiger partial charge in [-0.25, -0.2) is 4.98 Å². The number of hydrogen-bond donors (Lipinski definition) is 2. The third-order valence-corrected chi connectivity index (χ3v) is 3.16. The first-order valence-electron chi connectivity index (χ1n) is 5.30. The summed E-state index contributed by atoms with van der Waals surface area (Å²) in [6.07, 6.45) is 0.922. The van der Waals surface area contributed by atoms with Gasteiger partial charge < -0.3 is 15.4 Å². The highest BCUT2D eigenvalue weighted by Gasteiger charge is 2.01. The standard InChI is InChI=1S/C11H16BrN3OS/c1-8-9(12)4-5-10(14-8)15-11(17)13-6-3-7-16-2/h4-5H,3,6-7H2,1-2H3,(H2,13,14,15,17). The molecule has 4 nitrogen and oxygen atoms in total. The van der Waals surface area contributed by atoms with Crippen molar-refractivity contribution in [1.29, 1.82) is 0 Å². The van der Waals surface area contributed by atoms with E-state index in [1.807, 2.05) is 19.1 Å². The summed E-state index contributed by atoms with van der Waals surface area (Å²) in [4.78, 5) is 4.35. The van der Waals surface area contributed by atoms with E-state index in [9.17, 15) is 0 Å². The van der Waals surface area contributed by atoms with Gasteiger partial charge in [0.25, 0.3) is 0 Å². The Kier molecular flexibility index (Phi) is 6.39. The number of halogens is 1. The molecule has 1 heterocycles. The van der Waals surface area contributed by atoms with Gasteiger partial charge >= 0.3 is 0 Å². The van der Waals surface area contributed by atoms with Gasteiger partial charge in [-0.1, -0.05) is 0 Å². The van der Waals surface area contributed by atoms with E-state index in [2.05, 4.69) is 31.5 Å². The Morgan fingerprint density at radius 3 is 2.94 bits per heavy atom. The Labute approximate surface area is 115 Å². The molecule has 2 N–H and O–H groups in total. The molecule has 1 rings (SSSR count). The lowest BCUT2D eigenvalue weighted by Crippen LogP contribution is -2.30. The first-order chi connectivity index (χ1) is 8.13. The van der Waals surface area contributed by atoms with Crippen LogP contribution in [0.1, 0.15) is 12.1 Å². The van der Waals surface area contributed by atoms with Gasteiger partial charge in [0, 0.05) is 24.7 Å². The molecule has 0 spiro atoms. The zero-order chi connectivity index (χ0) is 12.7. The van der Waals surface area contributed by atoms with Crippen molar-refractivity contribution < 1.29 is 4.74 Å². The van der Waals surface area contributed by atoms with E-state index in [0.29, 0.717) is 5.11 Å². The van der Waals surface area contributed by atoms with E-state index in [1.165, 1.54) is 0 Å². The third kappa shape index (κ3) is 5.43. The maximum absolute atomic E-state index is 5.15. The molecular formula is C11H16BrN3OS. The number of pyridine rings is 1. The van der Waals surface area contributed by atoms with Crippen molar-refractivity contribution in [3.8, 4) is 0 Å². The van der Waals surface area contributed by atoms with Gasteiger partial charge in [-0.05, 0) is 53.6 Å². The van der Waals surface area contributed by atoms with Gasteiger partial charge in [0.15, 0.2) is 5.11 Å². The highest BCUT2D eigenvalue weighted by Crippen LogP contribution is 2.15. The number of nitrogens with one attached hydrogen (secondary N) is 2. The van der Waals surface area contributed by atoms with Crippen molar-refractivity contribution in [1.82, 2.24) is 10.3 Å². The van der Waals surface area contributed by atoms with Crippen molar-refractivity contribution in [2.24, 2.45) is 0 Å². The second-order valence-electron chi connectivity index (χ2n) is 3.49. The summed E-state index contributed by atoms with van der Waals surface area (Å²) in [7, 11) is 1.69. The number of ether oxygens (including phenoxy) is 1. The molecule has 17 heavy (non-hydrogen) atoms. The van der Waals surface area contributed by atoms with Gasteiger partial charge in [0.05, 0.1) is 5.69 Å². The molecule has 0 amide bonds. The number of thiocarbonyl (C=S) groups is 1. The molecule has 0 aliphatic rings. The zero-order valence-corrected chi connectivity index (χ0v) is 12.3. The molecule has 0 saturated carbocycles. The lowest BCUT2D eigenvalue weighted by Gasteiger charge is -2.10. The van der Waals surface area contributed by atoms with Crippen LogP contribution in [-0.2, 0) is 4.74 Å². The van der Waals surface area contributed by atoms with E-state index in [1.54, 1.807) is 7.11 Å². The first-order valence-corrected chi connectivity index (χ1v) is 6.50. The van der Waals surface area contributed by atoms with Crippen molar-refractivity contribution in [2.45, 2.75) is 13.3 Å². The normalized spacial score (nSPS) is 10.1. The largest absolute Gasteiger partial charge is 0.385 e. The van der Waals surface area contributed by atoms with Crippen LogP contribution in [-0.4, -0.2) is 30.4 Å². The van der Waals surface area contributed by atoms with Crippen molar-refractivity contribution in [3.05, 3.63) is 22.3 Å². The Morgan fingerprint density at radius 2 is 2.29 bits per heavy atom. The maximum atomic E-state index is 5.15. The average Bonchev–Trinajstić information content (AvgIpc) is 2.30. The molecule has 0 aliphatic heterocycles. The Balaban J connectivity index is 2.37. The minimum Gasteiger partial charge on any atom is -0.385 e. The van der Waals surface area contributed by atoms with Crippen LogP contribution in [0.4, 0.5) is 5.82 Å². The lowest BCUT2D eigenvalue weighted by molar-refractivity contribution is 0.196. The molecule has 0 aromatic carbocycles. The van der Waals surface area contributed by atoms with Crippen LogP contribution in [0.3, 0.4) is 0 Å². The molecule has 0 fully saturated rings. The van der Waals surface area contributed by atoms with Crippen LogP contribution in [0, 0.1) is 6.92 Å². The van der Waals surface area contributed by atoms with Crippen LogP contribution in [0.15, 0.2) is 16.6 Å². The number of anilines is 1. The predicted molar refractivity (Wildman–Crippen MR) is 77.4 cm³/mol. The van der Waals surface area contributed by atoms with Crippen LogP contribution in [0.25, 0.3) is 0 Å². The number of aryl methyl sites for hydroxylation is 1. The number of aromatic nitrogens is 1. The third-order valence-electron chi connectivity index (χ3n) is 2.07. The summed E-state index contributed by atoms with van der Waals surface area (Å²) in [6.45, 7) is 3.45. The Bertz CT molecular complexity index is 387. The minimum absolute atomic E-state index is 0.579. The molecular weight excluding hydrogens is 302 g/mol. The molecule has 94 valence electrons. The van der Waals surface area contributed by atoms with E-state index < -0.39 is 0 Å². The fourth-order valence-corrected chi connectivity index (χ4v) is 1.62. The molecule has 0 atom stereocenters. The quantitative estimate of drug-likeness (QED) is 0.645. The molecule has 1 aromatic heterocycles. The Hall–Kier alpha value is -0.720. The summed E-state index contributed by atoms with van der Waals surface area (Å²) in [5, 5.41) is 6.70. The first kappa shape index (κ1) is 14.3. The summed E-state index contributed by atoms with van der Waals surface area (Å²) < 4.78 is 5.94. The minimum atomic E-state index is 0.579. The van der Waals surface area contributed by atoms with Gasteiger partial charge in [0.2, 0.25) is 0 Å². The molecule has 0 unspecified atom stereocenters. The van der Waals surface area contributed by atoms with E-state index in [4.69, 9.17) is 17.0 Å². The second-order valence-corrected chi connectivity index (χ2v) is 4.75. The average molecular weight is 318 g/mol. The van der Waals surface area contributed by atoms with E-state index >= 15 is 0 Å². The fraction of sp³-hybridized carbons (Fsp3) is 0.455. The highest BCUT2D eigenvalue weighted by atomic mass is 79.9. The monoisotopic (exact) mass is 317 g/mol. The van der Waals surface area contributed by atoms with E-state index in [0.717, 1.165) is 35.6 Å². The molecule has 0 saturated heterocycles.